The highest BCUT2D eigenvalue weighted by Gasteiger charge is 2.18. The number of hydrogen-bond acceptors (Lipinski definition) is 4. The van der Waals surface area contributed by atoms with Crippen LogP contribution in [0.1, 0.15) is 11.5 Å². The number of carbonyl (C=O) groups excluding carboxylic acids is 1. The second-order valence-electron chi connectivity index (χ2n) is 5.54. The van der Waals surface area contributed by atoms with Crippen molar-refractivity contribution in [2.45, 2.75) is 13.3 Å². The number of amides is 1. The number of aromatic nitrogens is 1. The highest BCUT2D eigenvalue weighted by atomic mass is 19.1. The zero-order valence-corrected chi connectivity index (χ0v) is 14.2. The third-order valence-electron chi connectivity index (χ3n) is 3.79. The van der Waals surface area contributed by atoms with Crippen LogP contribution in [0.5, 0.6) is 5.75 Å². The summed E-state index contributed by atoms with van der Waals surface area (Å²) in [6.07, 6.45) is -0.182. The van der Waals surface area contributed by atoms with Crippen molar-refractivity contribution in [2.75, 3.05) is 12.4 Å². The Morgan fingerprint density at radius 1 is 1.15 bits per heavy atom. The minimum Gasteiger partial charge on any atom is -0.496 e. The monoisotopic (exact) mass is 358 g/mol. The Balaban J connectivity index is 1.81. The van der Waals surface area contributed by atoms with Gasteiger partial charge in [-0.15, -0.1) is 0 Å². The largest absolute Gasteiger partial charge is 0.496 e. The van der Waals surface area contributed by atoms with E-state index in [2.05, 4.69) is 10.3 Å². The Morgan fingerprint density at radius 3 is 2.54 bits per heavy atom. The van der Waals surface area contributed by atoms with Crippen molar-refractivity contribution in [3.05, 3.63) is 65.6 Å². The molecule has 0 bridgehead atoms. The standard InChI is InChI=1S/C19H16F2N2O3/c1-11-15(10-17(24)23-18-13(20)7-5-8-14(18)21)22-19(26-11)12-6-3-4-9-16(12)25-2/h3-9H,10H2,1-2H3,(H,23,24). The normalized spacial score (nSPS) is 10.6. The van der Waals surface area contributed by atoms with Crippen LogP contribution in [0.15, 0.2) is 46.9 Å². The maximum atomic E-state index is 13.6. The van der Waals surface area contributed by atoms with Crippen LogP contribution in [-0.4, -0.2) is 18.0 Å². The Labute approximate surface area is 148 Å². The van der Waals surface area contributed by atoms with Gasteiger partial charge in [0.25, 0.3) is 0 Å². The van der Waals surface area contributed by atoms with Gasteiger partial charge in [0.15, 0.2) is 0 Å². The number of methoxy groups -OCH3 is 1. The van der Waals surface area contributed by atoms with Gasteiger partial charge < -0.3 is 14.5 Å². The Morgan fingerprint density at radius 2 is 1.85 bits per heavy atom. The van der Waals surface area contributed by atoms with Crippen LogP contribution in [0.25, 0.3) is 11.5 Å². The van der Waals surface area contributed by atoms with Crippen molar-refractivity contribution in [1.82, 2.24) is 4.98 Å². The zero-order valence-electron chi connectivity index (χ0n) is 14.2. The molecule has 0 saturated heterocycles. The van der Waals surface area contributed by atoms with E-state index in [0.717, 1.165) is 12.1 Å². The van der Waals surface area contributed by atoms with E-state index in [1.165, 1.54) is 13.2 Å². The molecule has 0 saturated carbocycles. The lowest BCUT2D eigenvalue weighted by atomic mass is 10.2. The molecule has 0 aliphatic carbocycles. The molecule has 3 rings (SSSR count). The number of halogens is 2. The van der Waals surface area contributed by atoms with E-state index in [0.29, 0.717) is 28.7 Å². The molecular formula is C19H16F2N2O3. The van der Waals surface area contributed by atoms with Crippen LogP contribution in [0.4, 0.5) is 14.5 Å². The number of carbonyl (C=O) groups is 1. The predicted molar refractivity (Wildman–Crippen MR) is 91.9 cm³/mol. The average molecular weight is 358 g/mol. The van der Waals surface area contributed by atoms with E-state index in [-0.39, 0.29) is 6.42 Å². The molecule has 0 unspecified atom stereocenters. The minimum atomic E-state index is -0.843. The quantitative estimate of drug-likeness (QED) is 0.745. The van der Waals surface area contributed by atoms with Crippen molar-refractivity contribution < 1.29 is 22.7 Å². The molecule has 0 fully saturated rings. The molecule has 134 valence electrons. The molecule has 1 N–H and O–H groups in total. The summed E-state index contributed by atoms with van der Waals surface area (Å²) in [6.45, 7) is 1.66. The summed E-state index contributed by atoms with van der Waals surface area (Å²) < 4.78 is 38.2. The van der Waals surface area contributed by atoms with Crippen LogP contribution < -0.4 is 10.1 Å². The molecule has 0 aliphatic rings. The third kappa shape index (κ3) is 3.56. The lowest BCUT2D eigenvalue weighted by Crippen LogP contribution is -2.17. The maximum absolute atomic E-state index is 13.6. The molecule has 26 heavy (non-hydrogen) atoms. The van der Waals surface area contributed by atoms with E-state index in [1.807, 2.05) is 12.1 Å². The number of anilines is 1. The number of aryl methyl sites for hydroxylation is 1. The van der Waals surface area contributed by atoms with Crippen LogP contribution in [0, 0.1) is 18.6 Å². The first kappa shape index (κ1) is 17.6. The fraction of sp³-hybridized carbons (Fsp3) is 0.158. The van der Waals surface area contributed by atoms with Crippen molar-refractivity contribution in [3.63, 3.8) is 0 Å². The Hall–Kier alpha value is -3.22. The lowest BCUT2D eigenvalue weighted by Gasteiger charge is -2.06. The molecule has 0 radical (unpaired) electrons. The third-order valence-corrected chi connectivity index (χ3v) is 3.79. The van der Waals surface area contributed by atoms with Gasteiger partial charge in [0.2, 0.25) is 11.8 Å². The number of nitrogens with one attached hydrogen (secondary N) is 1. The summed E-state index contributed by atoms with van der Waals surface area (Å²) in [7, 11) is 1.53. The van der Waals surface area contributed by atoms with Gasteiger partial charge in [-0.3, -0.25) is 4.79 Å². The second-order valence-corrected chi connectivity index (χ2v) is 5.54. The lowest BCUT2D eigenvalue weighted by molar-refractivity contribution is -0.115. The first-order valence-corrected chi connectivity index (χ1v) is 7.83. The Bertz CT molecular complexity index is 933. The number of ether oxygens (including phenoxy) is 1. The topological polar surface area (TPSA) is 64.4 Å². The summed E-state index contributed by atoms with van der Waals surface area (Å²) in [5.74, 6) is -0.958. The Kier molecular flexibility index (Phi) is 4.97. The summed E-state index contributed by atoms with van der Waals surface area (Å²) in [6, 6.07) is 10.5. The fourth-order valence-corrected chi connectivity index (χ4v) is 2.48. The molecule has 1 amide bonds. The molecule has 0 spiro atoms. The van der Waals surface area contributed by atoms with Crippen molar-refractivity contribution in [2.24, 2.45) is 0 Å². The van der Waals surface area contributed by atoms with Gasteiger partial charge >= 0.3 is 0 Å². The minimum absolute atomic E-state index is 0.182. The van der Waals surface area contributed by atoms with Crippen molar-refractivity contribution >= 4 is 11.6 Å². The van der Waals surface area contributed by atoms with E-state index in [9.17, 15) is 13.6 Å². The zero-order chi connectivity index (χ0) is 18.7. The summed E-state index contributed by atoms with van der Waals surface area (Å²) >= 11 is 0. The van der Waals surface area contributed by atoms with Gasteiger partial charge in [0.05, 0.1) is 24.8 Å². The average Bonchev–Trinajstić information content (AvgIpc) is 2.98. The number of rotatable bonds is 5. The molecule has 1 heterocycles. The molecule has 5 nitrogen and oxygen atoms in total. The SMILES string of the molecule is COc1ccccc1-c1nc(CC(=O)Nc2c(F)cccc2F)c(C)o1. The van der Waals surface area contributed by atoms with Crippen molar-refractivity contribution in [1.29, 1.82) is 0 Å². The van der Waals surface area contributed by atoms with Crippen molar-refractivity contribution in [3.8, 4) is 17.2 Å². The molecule has 1 aromatic heterocycles. The highest BCUT2D eigenvalue weighted by Crippen LogP contribution is 2.30. The van der Waals surface area contributed by atoms with Gasteiger partial charge in [0, 0.05) is 0 Å². The van der Waals surface area contributed by atoms with Gasteiger partial charge in [0.1, 0.15) is 28.8 Å². The van der Waals surface area contributed by atoms with Gasteiger partial charge in [-0.1, -0.05) is 18.2 Å². The van der Waals surface area contributed by atoms with E-state index >= 15 is 0 Å². The van der Waals surface area contributed by atoms with Gasteiger partial charge in [-0.25, -0.2) is 13.8 Å². The molecule has 0 atom stereocenters. The van der Waals surface area contributed by atoms with E-state index in [4.69, 9.17) is 9.15 Å². The molecule has 7 heteroatoms. The predicted octanol–water partition coefficient (Wildman–Crippen LogP) is 4.12. The first-order chi connectivity index (χ1) is 12.5. The summed E-state index contributed by atoms with van der Waals surface area (Å²) in [5, 5.41) is 2.23. The van der Waals surface area contributed by atoms with E-state index in [1.54, 1.807) is 19.1 Å². The smallest absolute Gasteiger partial charge is 0.230 e. The van der Waals surface area contributed by atoms with Gasteiger partial charge in [-0.2, -0.15) is 0 Å². The number of hydrogen-bond donors (Lipinski definition) is 1. The van der Waals surface area contributed by atoms with E-state index < -0.39 is 23.2 Å². The fourth-order valence-electron chi connectivity index (χ4n) is 2.48. The summed E-state index contributed by atoms with van der Waals surface area (Å²) in [4.78, 5) is 16.5. The van der Waals surface area contributed by atoms with Gasteiger partial charge in [-0.05, 0) is 31.2 Å². The molecular weight excluding hydrogens is 342 g/mol. The number of nitrogens with zero attached hydrogens (tertiary/aromatic N) is 1. The maximum Gasteiger partial charge on any atom is 0.230 e. The molecule has 0 aliphatic heterocycles. The van der Waals surface area contributed by atoms with Crippen LogP contribution in [0.3, 0.4) is 0 Å². The first-order valence-electron chi connectivity index (χ1n) is 7.83. The molecule has 2 aromatic carbocycles. The number of oxazole rings is 1. The number of para-hydroxylation sites is 2. The molecule has 3 aromatic rings. The van der Waals surface area contributed by atoms with Crippen LogP contribution in [-0.2, 0) is 11.2 Å². The second kappa shape index (κ2) is 7.35. The number of benzene rings is 2. The highest BCUT2D eigenvalue weighted by molar-refractivity contribution is 5.92. The summed E-state index contributed by atoms with van der Waals surface area (Å²) in [5.41, 5.74) is 0.536. The van der Waals surface area contributed by atoms with Crippen LogP contribution >= 0.6 is 0 Å². The van der Waals surface area contributed by atoms with Crippen LogP contribution in [0.2, 0.25) is 0 Å².